The normalized spacial score (nSPS) is 10.9. The lowest BCUT2D eigenvalue weighted by Crippen LogP contribution is -2.30. The maximum absolute atomic E-state index is 13.3. The van der Waals surface area contributed by atoms with E-state index in [2.05, 4.69) is 31.9 Å². The van der Waals surface area contributed by atoms with Crippen molar-refractivity contribution in [3.63, 3.8) is 0 Å². The van der Waals surface area contributed by atoms with Gasteiger partial charge in [0.2, 0.25) is 5.91 Å². The van der Waals surface area contributed by atoms with Gasteiger partial charge in [0.15, 0.2) is 0 Å². The van der Waals surface area contributed by atoms with Gasteiger partial charge in [-0.1, -0.05) is 52.3 Å². The van der Waals surface area contributed by atoms with Crippen molar-refractivity contribution < 1.29 is 24.3 Å². The molecule has 0 saturated heterocycles. The van der Waals surface area contributed by atoms with Gasteiger partial charge in [0, 0.05) is 26.3 Å². The van der Waals surface area contributed by atoms with Crippen molar-refractivity contribution in [1.29, 1.82) is 0 Å². The molecular weight excluding hydrogens is 606 g/mol. The van der Waals surface area contributed by atoms with Crippen LogP contribution in [0, 0.1) is 0 Å². The number of rotatable bonds is 10. The van der Waals surface area contributed by atoms with Crippen molar-refractivity contribution in [2.45, 2.75) is 4.90 Å². The fourth-order valence-electron chi connectivity index (χ4n) is 3.61. The predicted octanol–water partition coefficient (Wildman–Crippen LogP) is 6.29. The molecule has 0 aliphatic carbocycles. The third-order valence-corrected chi connectivity index (χ3v) is 7.05. The molecule has 4 aromatic carbocycles. The Balaban J connectivity index is 1.42. The van der Waals surface area contributed by atoms with E-state index in [0.29, 0.717) is 22.5 Å². The van der Waals surface area contributed by atoms with Gasteiger partial charge in [0.25, 0.3) is 11.8 Å². The molecule has 0 saturated carbocycles. The number of carbonyl (C=O) groups is 4. The van der Waals surface area contributed by atoms with Gasteiger partial charge in [-0.05, 0) is 78.4 Å². The third kappa shape index (κ3) is 8.92. The van der Waals surface area contributed by atoms with Gasteiger partial charge < -0.3 is 21.1 Å². The Hall–Kier alpha value is -4.67. The van der Waals surface area contributed by atoms with E-state index in [1.807, 2.05) is 30.3 Å². The minimum atomic E-state index is -1.04. The van der Waals surface area contributed by atoms with E-state index in [-0.39, 0.29) is 22.9 Å². The fraction of sp³-hybridized carbons (Fsp3) is 0.0323. The molecule has 0 radical (unpaired) electrons. The monoisotopic (exact) mass is 629 g/mol. The molecule has 0 heterocycles. The summed E-state index contributed by atoms with van der Waals surface area (Å²) in [7, 11) is 0. The smallest absolute Gasteiger partial charge is 0.335 e. The lowest BCUT2D eigenvalue weighted by molar-refractivity contribution is -0.114. The summed E-state index contributed by atoms with van der Waals surface area (Å²) in [5, 5.41) is 17.3. The molecule has 0 aliphatic heterocycles. The molecular formula is C31H24BrN3O5S. The molecule has 0 bridgehead atoms. The number of amides is 3. The molecule has 4 rings (SSSR count). The molecule has 0 aliphatic rings. The first-order chi connectivity index (χ1) is 19.8. The zero-order chi connectivity index (χ0) is 29.2. The van der Waals surface area contributed by atoms with E-state index in [9.17, 15) is 19.2 Å². The second-order valence-corrected chi connectivity index (χ2v) is 10.6. The summed E-state index contributed by atoms with van der Waals surface area (Å²) in [5.74, 6) is -2.15. The van der Waals surface area contributed by atoms with Crippen molar-refractivity contribution >= 4 is 68.8 Å². The predicted molar refractivity (Wildman–Crippen MR) is 164 cm³/mol. The van der Waals surface area contributed by atoms with Gasteiger partial charge in [-0.2, -0.15) is 0 Å². The number of halogens is 1. The molecule has 0 unspecified atom stereocenters. The molecule has 4 aromatic rings. The Kier molecular flexibility index (Phi) is 10.1. The summed E-state index contributed by atoms with van der Waals surface area (Å²) in [5.41, 5.74) is 2.29. The molecule has 0 spiro atoms. The van der Waals surface area contributed by atoms with Crippen molar-refractivity contribution in [2.24, 2.45) is 0 Å². The standard InChI is InChI=1S/C31H24BrN3O5S/c32-23-9-4-6-20(16-23)17-27(35-29(37)21-7-2-1-3-8-21)30(38)34-25-10-5-11-26(18-25)41-19-28(36)33-24-14-12-22(13-15-24)31(39)40/h1-18H,19H2,(H,33,36)(H,34,38)(H,35,37)(H,39,40)/b27-17+. The Morgan fingerprint density at radius 1 is 0.756 bits per heavy atom. The number of nitrogens with one attached hydrogen (secondary N) is 3. The number of anilines is 2. The zero-order valence-electron chi connectivity index (χ0n) is 21.5. The van der Waals surface area contributed by atoms with E-state index >= 15 is 0 Å². The van der Waals surface area contributed by atoms with Gasteiger partial charge in [0.1, 0.15) is 5.70 Å². The SMILES string of the molecule is O=C(CSc1cccc(NC(=O)/C(=C\c2cccc(Br)c2)NC(=O)c2ccccc2)c1)Nc1ccc(C(=O)O)cc1. The van der Waals surface area contributed by atoms with Crippen LogP contribution in [0.25, 0.3) is 6.08 Å². The quantitative estimate of drug-likeness (QED) is 0.121. The number of aromatic carboxylic acids is 1. The molecule has 0 fully saturated rings. The van der Waals surface area contributed by atoms with E-state index < -0.39 is 17.8 Å². The van der Waals surface area contributed by atoms with Crippen molar-refractivity contribution in [2.75, 3.05) is 16.4 Å². The van der Waals surface area contributed by atoms with Gasteiger partial charge in [0.05, 0.1) is 11.3 Å². The Labute approximate surface area is 249 Å². The van der Waals surface area contributed by atoms with E-state index in [1.165, 1.54) is 36.0 Å². The summed E-state index contributed by atoms with van der Waals surface area (Å²) in [4.78, 5) is 50.3. The van der Waals surface area contributed by atoms with Crippen LogP contribution in [0.1, 0.15) is 26.3 Å². The molecule has 41 heavy (non-hydrogen) atoms. The van der Waals surface area contributed by atoms with Crippen LogP contribution in [0.2, 0.25) is 0 Å². The number of carboxylic acids is 1. The summed E-state index contributed by atoms with van der Waals surface area (Å²) in [6, 6.07) is 28.8. The Morgan fingerprint density at radius 3 is 2.20 bits per heavy atom. The van der Waals surface area contributed by atoms with Crippen LogP contribution >= 0.6 is 27.7 Å². The number of carboxylic acid groups (broad SMARTS) is 1. The zero-order valence-corrected chi connectivity index (χ0v) is 23.9. The molecule has 3 amide bonds. The number of carbonyl (C=O) groups excluding carboxylic acids is 3. The molecule has 0 atom stereocenters. The largest absolute Gasteiger partial charge is 0.478 e. The van der Waals surface area contributed by atoms with Crippen molar-refractivity contribution in [3.8, 4) is 0 Å². The first-order valence-corrected chi connectivity index (χ1v) is 14.1. The highest BCUT2D eigenvalue weighted by Gasteiger charge is 2.16. The highest BCUT2D eigenvalue weighted by Crippen LogP contribution is 2.23. The lowest BCUT2D eigenvalue weighted by Gasteiger charge is -2.12. The summed E-state index contributed by atoms with van der Waals surface area (Å²) in [6.45, 7) is 0. The maximum atomic E-state index is 13.3. The van der Waals surface area contributed by atoms with Crippen molar-refractivity contribution in [1.82, 2.24) is 5.32 Å². The molecule has 8 nitrogen and oxygen atoms in total. The number of thioether (sulfide) groups is 1. The highest BCUT2D eigenvalue weighted by molar-refractivity contribution is 9.10. The summed E-state index contributed by atoms with van der Waals surface area (Å²) in [6.07, 6.45) is 1.59. The van der Waals surface area contributed by atoms with Crippen LogP contribution in [0.5, 0.6) is 0 Å². The minimum Gasteiger partial charge on any atom is -0.478 e. The Morgan fingerprint density at radius 2 is 1.49 bits per heavy atom. The number of benzene rings is 4. The van der Waals surface area contributed by atoms with E-state index in [0.717, 1.165) is 9.37 Å². The van der Waals surface area contributed by atoms with E-state index in [4.69, 9.17) is 5.11 Å². The second-order valence-electron chi connectivity index (χ2n) is 8.63. The number of hydrogen-bond donors (Lipinski definition) is 4. The van der Waals surface area contributed by atoms with Crippen LogP contribution in [0.4, 0.5) is 11.4 Å². The third-order valence-electron chi connectivity index (χ3n) is 5.57. The van der Waals surface area contributed by atoms with Crippen LogP contribution in [-0.4, -0.2) is 34.6 Å². The van der Waals surface area contributed by atoms with E-state index in [1.54, 1.807) is 54.6 Å². The van der Waals surface area contributed by atoms with Crippen LogP contribution in [0.15, 0.2) is 118 Å². The summed E-state index contributed by atoms with van der Waals surface area (Å²) < 4.78 is 0.825. The highest BCUT2D eigenvalue weighted by atomic mass is 79.9. The molecule has 4 N–H and O–H groups in total. The Bertz CT molecular complexity index is 1610. The first-order valence-electron chi connectivity index (χ1n) is 12.3. The average Bonchev–Trinajstić information content (AvgIpc) is 2.96. The van der Waals surface area contributed by atoms with Gasteiger partial charge in [-0.3, -0.25) is 14.4 Å². The first kappa shape index (κ1) is 29.3. The van der Waals surface area contributed by atoms with Gasteiger partial charge in [-0.25, -0.2) is 4.79 Å². The lowest BCUT2D eigenvalue weighted by atomic mass is 10.1. The maximum Gasteiger partial charge on any atom is 0.335 e. The average molecular weight is 631 g/mol. The fourth-order valence-corrected chi connectivity index (χ4v) is 4.78. The van der Waals surface area contributed by atoms with Crippen LogP contribution in [0.3, 0.4) is 0 Å². The second kappa shape index (κ2) is 14.1. The van der Waals surface area contributed by atoms with Gasteiger partial charge in [-0.15, -0.1) is 11.8 Å². The summed E-state index contributed by atoms with van der Waals surface area (Å²) >= 11 is 4.69. The van der Waals surface area contributed by atoms with Gasteiger partial charge >= 0.3 is 5.97 Å². The topological polar surface area (TPSA) is 125 Å². The van der Waals surface area contributed by atoms with Crippen LogP contribution in [-0.2, 0) is 9.59 Å². The minimum absolute atomic E-state index is 0.0586. The number of hydrogen-bond acceptors (Lipinski definition) is 5. The molecule has 206 valence electrons. The molecule has 0 aromatic heterocycles. The molecule has 10 heteroatoms. The van der Waals surface area contributed by atoms with Crippen molar-refractivity contribution in [3.05, 3.63) is 130 Å². The van der Waals surface area contributed by atoms with Crippen LogP contribution < -0.4 is 16.0 Å².